The van der Waals surface area contributed by atoms with Crippen LogP contribution in [0.5, 0.6) is 0 Å². The highest BCUT2D eigenvalue weighted by Crippen LogP contribution is 2.45. The summed E-state index contributed by atoms with van der Waals surface area (Å²) >= 11 is -3.69. The molecule has 16 heteroatoms. The van der Waals surface area contributed by atoms with E-state index in [1.54, 1.807) is 0 Å². The maximum atomic E-state index is 11.1. The zero-order valence-electron chi connectivity index (χ0n) is 16.8. The molecule has 0 radical (unpaired) electrons. The van der Waals surface area contributed by atoms with Crippen LogP contribution >= 0.6 is 12.0 Å². The van der Waals surface area contributed by atoms with Crippen LogP contribution in [0.1, 0.15) is 0 Å². The van der Waals surface area contributed by atoms with E-state index in [2.05, 4.69) is 29.8 Å². The fraction of sp³-hybridized carbons (Fsp3) is 0. The number of rotatable bonds is 9. The lowest BCUT2D eigenvalue weighted by molar-refractivity contribution is -0.432. The van der Waals surface area contributed by atoms with Crippen molar-refractivity contribution in [1.82, 2.24) is 0 Å². The molecule has 3 aromatic carbocycles. The first-order chi connectivity index (χ1) is 16.3. The van der Waals surface area contributed by atoms with Gasteiger partial charge in [-0.1, -0.05) is 5.04 Å². The molecule has 0 fully saturated rings. The number of hydrogen-bond donors (Lipinski definition) is 5. The van der Waals surface area contributed by atoms with Crippen molar-refractivity contribution in [3.63, 3.8) is 0 Å². The summed E-state index contributed by atoms with van der Waals surface area (Å²) in [5.74, 6) is 0. The summed E-state index contributed by atoms with van der Waals surface area (Å²) in [6.45, 7) is 0. The van der Waals surface area contributed by atoms with Gasteiger partial charge in [-0.15, -0.1) is 14.6 Å². The molecule has 0 aliphatic heterocycles. The molecule has 0 aliphatic carbocycles. The predicted octanol–water partition coefficient (Wildman–Crippen LogP) is 5.27. The van der Waals surface area contributed by atoms with E-state index in [0.717, 1.165) is 0 Å². The Balaban J connectivity index is 1.97. The zero-order valence-corrected chi connectivity index (χ0v) is 19.3. The molecule has 3 rings (SSSR count). The lowest BCUT2D eigenvalue weighted by atomic mass is 10.2. The monoisotopic (exact) mass is 524 g/mol. The van der Waals surface area contributed by atoms with Gasteiger partial charge in [-0.2, -0.15) is 10.2 Å². The van der Waals surface area contributed by atoms with E-state index in [9.17, 15) is 8.42 Å². The molecule has 0 heterocycles. The van der Waals surface area contributed by atoms with Crippen LogP contribution < -0.4 is 11.5 Å². The van der Waals surface area contributed by atoms with Crippen molar-refractivity contribution in [2.75, 3.05) is 11.5 Å². The molecule has 178 valence electrons. The van der Waals surface area contributed by atoms with Crippen LogP contribution in [0.25, 0.3) is 0 Å². The van der Waals surface area contributed by atoms with Gasteiger partial charge in [0.1, 0.15) is 11.4 Å². The topological polar surface area (TPSA) is 215 Å². The Labute approximate surface area is 201 Å². The van der Waals surface area contributed by atoms with Crippen LogP contribution in [0.4, 0.5) is 34.1 Å². The Morgan fingerprint density at radius 1 is 0.765 bits per heavy atom. The third kappa shape index (κ3) is 6.49. The first-order valence-electron chi connectivity index (χ1n) is 8.92. The van der Waals surface area contributed by atoms with Gasteiger partial charge < -0.3 is 20.6 Å². The molecular formula is C18H16N6O7S3. The van der Waals surface area contributed by atoms with Gasteiger partial charge in [0.25, 0.3) is 0 Å². The molecule has 0 saturated carbocycles. The molecular weight excluding hydrogens is 508 g/mol. The van der Waals surface area contributed by atoms with E-state index >= 15 is 0 Å². The first-order valence-corrected chi connectivity index (χ1v) is 11.9. The lowest BCUT2D eigenvalue weighted by Crippen LogP contribution is -1.96. The predicted molar refractivity (Wildman–Crippen MR) is 125 cm³/mol. The second-order valence-electron chi connectivity index (χ2n) is 6.18. The van der Waals surface area contributed by atoms with Crippen LogP contribution in [0.15, 0.2) is 89.7 Å². The number of hydrogen-bond acceptors (Lipinski definition) is 12. The summed E-state index contributed by atoms with van der Waals surface area (Å²) in [4.78, 5) is 0.619. The van der Waals surface area contributed by atoms with E-state index in [0.29, 0.717) is 23.4 Å². The summed E-state index contributed by atoms with van der Waals surface area (Å²) in [5, 5.41) is 28.3. The second-order valence-corrected chi connectivity index (χ2v) is 8.86. The molecule has 2 unspecified atom stereocenters. The third-order valence-corrected chi connectivity index (χ3v) is 6.09. The highest BCUT2D eigenvalue weighted by molar-refractivity contribution is 7.94. The highest BCUT2D eigenvalue weighted by atomic mass is 32.2. The molecule has 7 N–H and O–H groups in total. The SMILES string of the molecule is Nc1c(N=Nc2ccc(S(=O)O)cc2)cc(SOOO)c(N)c1N=Nc1ccc(S(=O)O)cc1. The van der Waals surface area contributed by atoms with Crippen molar-refractivity contribution in [2.24, 2.45) is 20.5 Å². The number of anilines is 2. The zero-order chi connectivity index (χ0) is 24.7. The van der Waals surface area contributed by atoms with Crippen LogP contribution in [-0.4, -0.2) is 22.8 Å². The fourth-order valence-corrected chi connectivity index (χ4v) is 3.64. The van der Waals surface area contributed by atoms with Crippen molar-refractivity contribution < 1.29 is 32.2 Å². The van der Waals surface area contributed by atoms with Gasteiger partial charge in [-0.3, -0.25) is 0 Å². The summed E-state index contributed by atoms with van der Waals surface area (Å²) in [6.07, 6.45) is 0. The average Bonchev–Trinajstić information content (AvgIpc) is 2.83. The van der Waals surface area contributed by atoms with Crippen LogP contribution in [0, 0.1) is 0 Å². The summed E-state index contributed by atoms with van der Waals surface area (Å²) in [7, 11) is 0. The molecule has 0 saturated heterocycles. The number of azo groups is 2. The number of benzene rings is 3. The summed E-state index contributed by atoms with van der Waals surface area (Å²) in [6, 6.07) is 13.0. The Morgan fingerprint density at radius 2 is 1.26 bits per heavy atom. The summed E-state index contributed by atoms with van der Waals surface area (Å²) < 4.78 is 44.8. The minimum Gasteiger partial charge on any atom is -0.396 e. The van der Waals surface area contributed by atoms with Crippen LogP contribution in [-0.2, 0) is 31.5 Å². The summed E-state index contributed by atoms with van der Waals surface area (Å²) in [5.41, 5.74) is 13.2. The molecule has 13 nitrogen and oxygen atoms in total. The van der Waals surface area contributed by atoms with Crippen LogP contribution in [0.2, 0.25) is 0 Å². The minimum absolute atomic E-state index is 0.0282. The highest BCUT2D eigenvalue weighted by Gasteiger charge is 2.16. The Morgan fingerprint density at radius 3 is 1.74 bits per heavy atom. The molecule has 0 aliphatic rings. The van der Waals surface area contributed by atoms with E-state index in [4.69, 9.17) is 25.8 Å². The molecule has 0 bridgehead atoms. The Kier molecular flexibility index (Phi) is 8.91. The van der Waals surface area contributed by atoms with Gasteiger partial charge >= 0.3 is 0 Å². The van der Waals surface area contributed by atoms with Crippen LogP contribution in [0.3, 0.4) is 0 Å². The largest absolute Gasteiger partial charge is 0.396 e. The normalized spacial score (nSPS) is 13.5. The van der Waals surface area contributed by atoms with Crippen molar-refractivity contribution in [3.05, 3.63) is 54.6 Å². The number of nitrogens with two attached hydrogens (primary N) is 2. The van der Waals surface area contributed by atoms with Crippen molar-refractivity contribution >= 4 is 68.3 Å². The maximum Gasteiger partial charge on any atom is 0.186 e. The van der Waals surface area contributed by atoms with Gasteiger partial charge in [-0.25, -0.2) is 13.7 Å². The van der Waals surface area contributed by atoms with Crippen molar-refractivity contribution in [1.29, 1.82) is 0 Å². The fourth-order valence-electron chi connectivity index (χ4n) is 2.45. The number of nitrogens with zero attached hydrogens (tertiary/aromatic N) is 4. The molecule has 34 heavy (non-hydrogen) atoms. The average molecular weight is 525 g/mol. The van der Waals surface area contributed by atoms with Crippen molar-refractivity contribution in [3.8, 4) is 0 Å². The van der Waals surface area contributed by atoms with Crippen molar-refractivity contribution in [2.45, 2.75) is 14.7 Å². The molecule has 0 amide bonds. The van der Waals surface area contributed by atoms with Gasteiger partial charge in [0.2, 0.25) is 0 Å². The van der Waals surface area contributed by atoms with Gasteiger partial charge in [0, 0.05) is 0 Å². The van der Waals surface area contributed by atoms with Gasteiger partial charge in [0.05, 0.1) is 49.5 Å². The third-order valence-electron chi connectivity index (χ3n) is 4.09. The smallest absolute Gasteiger partial charge is 0.186 e. The second kappa shape index (κ2) is 11.9. The quantitative estimate of drug-likeness (QED) is 0.0610. The molecule has 0 spiro atoms. The van der Waals surface area contributed by atoms with Gasteiger partial charge in [-0.05, 0) is 54.6 Å². The Hall–Kier alpha value is -3.09. The first kappa shape index (κ1) is 25.5. The van der Waals surface area contributed by atoms with E-state index in [1.165, 1.54) is 54.6 Å². The van der Waals surface area contributed by atoms with Gasteiger partial charge in [0.15, 0.2) is 22.2 Å². The maximum absolute atomic E-state index is 11.1. The van der Waals surface area contributed by atoms with E-state index < -0.39 is 22.2 Å². The number of nitrogen functional groups attached to an aromatic ring is 2. The van der Waals surface area contributed by atoms with E-state index in [1.807, 2.05) is 0 Å². The molecule has 2 atom stereocenters. The van der Waals surface area contributed by atoms with E-state index in [-0.39, 0.29) is 37.4 Å². The Bertz CT molecular complexity index is 1270. The minimum atomic E-state index is -2.13. The molecule has 0 aromatic heterocycles. The standard InChI is InChI=1S/C18H16N6O7S3/c19-16-14(23-21-10-1-5-12(6-2-10)33(26)27)9-15(32-31-30-25)17(20)18(16)24-22-11-3-7-13(8-4-11)34(28)29/h1-9,25H,19-20H2,(H,26,27)(H,28,29). The molecule has 3 aromatic rings. The lowest BCUT2D eigenvalue weighted by Gasteiger charge is -2.10.